The van der Waals surface area contributed by atoms with Gasteiger partial charge in [0.05, 0.1) is 12.0 Å². The molecule has 0 bridgehead atoms. The van der Waals surface area contributed by atoms with Gasteiger partial charge in [-0.1, -0.05) is 6.07 Å². The molecule has 0 radical (unpaired) electrons. The number of hydrogen-bond donors (Lipinski definition) is 2. The van der Waals surface area contributed by atoms with Crippen LogP contribution in [0.5, 0.6) is 5.88 Å². The van der Waals surface area contributed by atoms with Crippen molar-refractivity contribution in [2.45, 2.75) is 32.1 Å². The van der Waals surface area contributed by atoms with E-state index in [0.29, 0.717) is 29.8 Å². The number of carbonyl (C=O) groups is 1. The zero-order chi connectivity index (χ0) is 21.9. The van der Waals surface area contributed by atoms with E-state index >= 15 is 0 Å². The van der Waals surface area contributed by atoms with Gasteiger partial charge in [0.15, 0.2) is 5.65 Å². The number of nitrogens with zero attached hydrogens (tertiary/aromatic N) is 5. The van der Waals surface area contributed by atoms with Gasteiger partial charge in [0.2, 0.25) is 17.7 Å². The molecule has 1 amide bonds. The molecule has 32 heavy (non-hydrogen) atoms. The lowest BCUT2D eigenvalue weighted by Gasteiger charge is -2.16. The number of anilines is 3. The lowest BCUT2D eigenvalue weighted by atomic mass is 9.86. The molecule has 4 aromatic rings. The van der Waals surface area contributed by atoms with Crippen molar-refractivity contribution in [3.05, 3.63) is 54.0 Å². The average molecular weight is 427 g/mol. The Hall–Kier alpha value is -4.01. The maximum absolute atomic E-state index is 12.2. The minimum Gasteiger partial charge on any atom is -0.477 e. The van der Waals surface area contributed by atoms with E-state index in [0.717, 1.165) is 40.9 Å². The molecule has 0 saturated heterocycles. The van der Waals surface area contributed by atoms with Crippen LogP contribution in [0.4, 0.5) is 17.3 Å². The van der Waals surface area contributed by atoms with E-state index in [1.807, 2.05) is 32.0 Å². The van der Waals surface area contributed by atoms with E-state index in [1.165, 1.54) is 0 Å². The van der Waals surface area contributed by atoms with Gasteiger partial charge in [0.25, 0.3) is 0 Å². The van der Waals surface area contributed by atoms with Gasteiger partial charge in [-0.25, -0.2) is 9.50 Å². The Kier molecular flexibility index (Phi) is 3.95. The van der Waals surface area contributed by atoms with Gasteiger partial charge in [0.1, 0.15) is 5.69 Å². The summed E-state index contributed by atoms with van der Waals surface area (Å²) in [5.41, 5.74) is 5.33. The van der Waals surface area contributed by atoms with Crippen LogP contribution < -0.4 is 15.4 Å². The lowest BCUT2D eigenvalue weighted by Crippen LogP contribution is -2.26. The smallest absolute Gasteiger partial charge is 0.247 e. The van der Waals surface area contributed by atoms with Crippen molar-refractivity contribution < 1.29 is 9.53 Å². The Labute approximate surface area is 183 Å². The van der Waals surface area contributed by atoms with Crippen LogP contribution in [-0.4, -0.2) is 37.1 Å². The van der Waals surface area contributed by atoms with Gasteiger partial charge in [-0.15, -0.1) is 5.10 Å². The summed E-state index contributed by atoms with van der Waals surface area (Å²) in [5, 5.41) is 10.7. The summed E-state index contributed by atoms with van der Waals surface area (Å²) in [6.07, 6.45) is 7.14. The number of carbonyl (C=O) groups excluding carboxylic acids is 1. The molecule has 2 N–H and O–H groups in total. The summed E-state index contributed by atoms with van der Waals surface area (Å²) in [4.78, 5) is 25.9. The van der Waals surface area contributed by atoms with Crippen molar-refractivity contribution in [1.82, 2.24) is 24.6 Å². The molecule has 0 saturated carbocycles. The van der Waals surface area contributed by atoms with E-state index in [1.54, 1.807) is 23.1 Å². The molecule has 0 atom stereocenters. The van der Waals surface area contributed by atoms with E-state index in [2.05, 4.69) is 36.8 Å². The molecule has 0 unspecified atom stereocenters. The number of nitrogens with one attached hydrogen (secondary N) is 2. The number of benzene rings is 1. The maximum Gasteiger partial charge on any atom is 0.247 e. The Bertz CT molecular complexity index is 1390. The van der Waals surface area contributed by atoms with Crippen LogP contribution in [0.1, 0.15) is 31.4 Å². The molecule has 2 aliphatic rings. The van der Waals surface area contributed by atoms with Gasteiger partial charge in [-0.3, -0.25) is 9.78 Å². The predicted molar refractivity (Wildman–Crippen MR) is 119 cm³/mol. The first-order valence-electron chi connectivity index (χ1n) is 10.6. The number of hydrogen-bond acceptors (Lipinski definition) is 7. The zero-order valence-corrected chi connectivity index (χ0v) is 17.7. The normalized spacial score (nSPS) is 16.2. The topological polar surface area (TPSA) is 106 Å². The lowest BCUT2D eigenvalue weighted by molar-refractivity contribution is -0.119. The minimum atomic E-state index is -0.538. The third-order valence-corrected chi connectivity index (χ3v) is 6.05. The van der Waals surface area contributed by atoms with E-state index in [4.69, 9.17) is 4.74 Å². The van der Waals surface area contributed by atoms with Gasteiger partial charge in [0, 0.05) is 41.1 Å². The number of ether oxygens (including phenoxy) is 1. The predicted octanol–water partition coefficient (Wildman–Crippen LogP) is 3.48. The molecule has 160 valence electrons. The molecule has 0 fully saturated rings. The number of fused-ring (bicyclic) bond motifs is 3. The van der Waals surface area contributed by atoms with Crippen LogP contribution in [0.25, 0.3) is 16.9 Å². The second kappa shape index (κ2) is 6.74. The quantitative estimate of drug-likeness (QED) is 0.515. The van der Waals surface area contributed by atoms with Gasteiger partial charge in [-0.2, -0.15) is 4.98 Å². The van der Waals surface area contributed by atoms with E-state index < -0.39 is 5.41 Å². The number of pyridine rings is 1. The van der Waals surface area contributed by atoms with Gasteiger partial charge < -0.3 is 15.4 Å². The van der Waals surface area contributed by atoms with Crippen LogP contribution in [0, 0.1) is 0 Å². The fraction of sp³-hybridized carbons (Fsp3) is 0.261. The number of rotatable bonds is 3. The minimum absolute atomic E-state index is 0.00437. The molecule has 3 aromatic heterocycles. The second-order valence-corrected chi connectivity index (χ2v) is 8.58. The van der Waals surface area contributed by atoms with Crippen molar-refractivity contribution in [2.75, 3.05) is 17.2 Å². The highest BCUT2D eigenvalue weighted by Crippen LogP contribution is 2.39. The highest BCUT2D eigenvalue weighted by Gasteiger charge is 2.38. The van der Waals surface area contributed by atoms with Crippen LogP contribution in [0.2, 0.25) is 0 Å². The number of amides is 1. The van der Waals surface area contributed by atoms with E-state index in [-0.39, 0.29) is 5.91 Å². The molecular weight excluding hydrogens is 406 g/mol. The van der Waals surface area contributed by atoms with Crippen LogP contribution in [-0.2, 0) is 16.6 Å². The van der Waals surface area contributed by atoms with Gasteiger partial charge >= 0.3 is 0 Å². The molecule has 9 heteroatoms. The Morgan fingerprint density at radius 1 is 1.22 bits per heavy atom. The molecule has 9 nitrogen and oxygen atoms in total. The summed E-state index contributed by atoms with van der Waals surface area (Å²) in [7, 11) is 0. The molecule has 1 aromatic carbocycles. The average Bonchev–Trinajstić information content (AvgIpc) is 3.30. The number of aryl methyl sites for hydroxylation is 1. The SMILES string of the molecule is CC1(C)C(=O)Nc2cc(Nc3nc4c(-c5cnc6c(c5)CCCO6)nccn4n3)ccc21. The summed E-state index contributed by atoms with van der Waals surface area (Å²) < 4.78 is 7.32. The third-order valence-electron chi connectivity index (χ3n) is 6.05. The zero-order valence-electron chi connectivity index (χ0n) is 17.7. The monoisotopic (exact) mass is 427 g/mol. The summed E-state index contributed by atoms with van der Waals surface area (Å²) in [6.45, 7) is 4.54. The Balaban J connectivity index is 1.34. The van der Waals surface area contributed by atoms with Crippen molar-refractivity contribution in [2.24, 2.45) is 0 Å². The van der Waals surface area contributed by atoms with Crippen molar-refractivity contribution in [3.8, 4) is 17.1 Å². The molecule has 5 heterocycles. The fourth-order valence-electron chi connectivity index (χ4n) is 4.24. The third kappa shape index (κ3) is 2.89. The number of aromatic nitrogens is 5. The molecule has 0 aliphatic carbocycles. The highest BCUT2D eigenvalue weighted by molar-refractivity contribution is 6.06. The largest absolute Gasteiger partial charge is 0.477 e. The molecule has 2 aliphatic heterocycles. The maximum atomic E-state index is 12.2. The van der Waals surface area contributed by atoms with Crippen LogP contribution >= 0.6 is 0 Å². The standard InChI is InChI=1S/C23H21N7O2/c1-23(2)16-6-5-15(11-17(16)27-21(23)31)26-22-28-19-18(24-7-8-30(19)29-22)14-10-13-4-3-9-32-20(13)25-12-14/h5-8,10-12H,3-4,9H2,1-2H3,(H,26,29)(H,27,31). The first kappa shape index (κ1) is 18.7. The second-order valence-electron chi connectivity index (χ2n) is 8.58. The molecule has 0 spiro atoms. The Morgan fingerprint density at radius 3 is 3.03 bits per heavy atom. The van der Waals surface area contributed by atoms with Crippen molar-refractivity contribution in [3.63, 3.8) is 0 Å². The van der Waals surface area contributed by atoms with Crippen molar-refractivity contribution in [1.29, 1.82) is 0 Å². The summed E-state index contributed by atoms with van der Waals surface area (Å²) in [5.74, 6) is 1.13. The van der Waals surface area contributed by atoms with Crippen molar-refractivity contribution >= 4 is 28.9 Å². The summed E-state index contributed by atoms with van der Waals surface area (Å²) >= 11 is 0. The first-order valence-corrected chi connectivity index (χ1v) is 10.6. The molecular formula is C23H21N7O2. The van der Waals surface area contributed by atoms with E-state index in [9.17, 15) is 4.79 Å². The van der Waals surface area contributed by atoms with Gasteiger partial charge in [-0.05, 0) is 50.5 Å². The molecule has 6 rings (SSSR count). The Morgan fingerprint density at radius 2 is 2.12 bits per heavy atom. The van der Waals surface area contributed by atoms with Crippen LogP contribution in [0.15, 0.2) is 42.9 Å². The summed E-state index contributed by atoms with van der Waals surface area (Å²) in [6, 6.07) is 7.86. The first-order chi connectivity index (χ1) is 15.5. The fourth-order valence-corrected chi connectivity index (χ4v) is 4.24. The van der Waals surface area contributed by atoms with Crippen LogP contribution in [0.3, 0.4) is 0 Å². The highest BCUT2D eigenvalue weighted by atomic mass is 16.5.